The van der Waals surface area contributed by atoms with Crippen LogP contribution in [0.5, 0.6) is 0 Å². The summed E-state index contributed by atoms with van der Waals surface area (Å²) in [7, 11) is 0. The second-order valence-corrected chi connectivity index (χ2v) is 5.12. The minimum absolute atomic E-state index is 0.0793. The molecular weight excluding hydrogens is 222 g/mol. The lowest BCUT2D eigenvalue weighted by Gasteiger charge is -2.18. The summed E-state index contributed by atoms with van der Waals surface area (Å²) >= 11 is 16.8. The molecule has 2 nitrogen and oxygen atoms in total. The molecule has 0 bridgehead atoms. The van der Waals surface area contributed by atoms with Gasteiger partial charge < -0.3 is 9.47 Å². The molecular formula is C7H11Cl3O2. The molecule has 0 aromatic heterocycles. The molecule has 12 heavy (non-hydrogen) atoms. The van der Waals surface area contributed by atoms with Crippen molar-refractivity contribution in [3.05, 3.63) is 0 Å². The third kappa shape index (κ3) is 2.93. The van der Waals surface area contributed by atoms with Gasteiger partial charge in [-0.05, 0) is 6.42 Å². The van der Waals surface area contributed by atoms with Crippen molar-refractivity contribution in [1.82, 2.24) is 0 Å². The first-order chi connectivity index (χ1) is 5.54. The second-order valence-electron chi connectivity index (χ2n) is 2.75. The van der Waals surface area contributed by atoms with Crippen LogP contribution >= 0.6 is 34.8 Å². The Balaban J connectivity index is 2.35. The fraction of sp³-hybridized carbons (Fsp3) is 1.00. The molecule has 1 aliphatic rings. The molecule has 1 rings (SSSR count). The van der Waals surface area contributed by atoms with E-state index in [4.69, 9.17) is 44.3 Å². The maximum Gasteiger partial charge on any atom is 0.240 e. The summed E-state index contributed by atoms with van der Waals surface area (Å²) in [5, 5.41) is 0. The van der Waals surface area contributed by atoms with Gasteiger partial charge >= 0.3 is 0 Å². The Labute approximate surface area is 87.1 Å². The zero-order valence-corrected chi connectivity index (χ0v) is 8.99. The number of ether oxygens (including phenoxy) is 2. The largest absolute Gasteiger partial charge is 0.346 e. The highest BCUT2D eigenvalue weighted by molar-refractivity contribution is 6.67. The van der Waals surface area contributed by atoms with Crippen molar-refractivity contribution in [3.8, 4) is 0 Å². The van der Waals surface area contributed by atoms with E-state index < -0.39 is 10.1 Å². The number of halogens is 3. The summed E-state index contributed by atoms with van der Waals surface area (Å²) in [4.78, 5) is 0. The van der Waals surface area contributed by atoms with Crippen LogP contribution in [-0.4, -0.2) is 22.8 Å². The first-order valence-corrected chi connectivity index (χ1v) is 5.01. The highest BCUT2D eigenvalue weighted by atomic mass is 35.6. The number of hydrogen-bond donors (Lipinski definition) is 0. The zero-order chi connectivity index (χ0) is 9.19. The van der Waals surface area contributed by atoms with E-state index in [1.54, 1.807) is 0 Å². The Bertz CT molecular complexity index is 146. The average molecular weight is 234 g/mol. The predicted molar refractivity (Wildman–Crippen MR) is 49.8 cm³/mol. The smallest absolute Gasteiger partial charge is 0.240 e. The lowest BCUT2D eigenvalue weighted by Crippen LogP contribution is -2.26. The van der Waals surface area contributed by atoms with Crippen LogP contribution in [0.15, 0.2) is 0 Å². The molecule has 5 heteroatoms. The fourth-order valence-corrected chi connectivity index (χ4v) is 1.44. The Morgan fingerprint density at radius 2 is 2.08 bits per heavy atom. The lowest BCUT2D eigenvalue weighted by molar-refractivity contribution is -0.0544. The van der Waals surface area contributed by atoms with Gasteiger partial charge in [-0.15, -0.1) is 0 Å². The minimum atomic E-state index is -1.47. The van der Waals surface area contributed by atoms with Crippen molar-refractivity contribution >= 4 is 34.8 Å². The van der Waals surface area contributed by atoms with Crippen LogP contribution in [0, 0.1) is 0 Å². The van der Waals surface area contributed by atoms with Gasteiger partial charge in [0.25, 0.3) is 0 Å². The van der Waals surface area contributed by atoms with Gasteiger partial charge in [0, 0.05) is 0 Å². The molecule has 0 spiro atoms. The van der Waals surface area contributed by atoms with E-state index in [1.165, 1.54) is 0 Å². The molecule has 0 amide bonds. The van der Waals surface area contributed by atoms with Crippen molar-refractivity contribution in [2.75, 3.05) is 6.61 Å². The molecule has 1 heterocycles. The van der Waals surface area contributed by atoms with Gasteiger partial charge in [0.1, 0.15) is 0 Å². The average Bonchev–Trinajstić information content (AvgIpc) is 2.35. The van der Waals surface area contributed by atoms with Crippen LogP contribution < -0.4 is 0 Å². The number of alkyl halides is 3. The molecule has 1 saturated heterocycles. The molecule has 2 atom stereocenters. The van der Waals surface area contributed by atoms with Crippen LogP contribution in [0.1, 0.15) is 19.8 Å². The zero-order valence-electron chi connectivity index (χ0n) is 6.73. The Hall–Kier alpha value is 0.790. The minimum Gasteiger partial charge on any atom is -0.346 e. The van der Waals surface area contributed by atoms with E-state index in [9.17, 15) is 0 Å². The van der Waals surface area contributed by atoms with Gasteiger partial charge in [0.2, 0.25) is 10.1 Å². The van der Waals surface area contributed by atoms with Crippen molar-refractivity contribution in [2.45, 2.75) is 36.0 Å². The second kappa shape index (κ2) is 4.34. The predicted octanol–water partition coefficient (Wildman–Crippen LogP) is 2.90. The van der Waals surface area contributed by atoms with Gasteiger partial charge in [-0.2, -0.15) is 0 Å². The van der Waals surface area contributed by atoms with E-state index in [0.29, 0.717) is 6.61 Å². The first kappa shape index (κ1) is 10.9. The molecule has 0 saturated carbocycles. The Kier molecular flexibility index (Phi) is 3.93. The molecule has 0 radical (unpaired) electrons. The van der Waals surface area contributed by atoms with Gasteiger partial charge in [-0.3, -0.25) is 0 Å². The number of hydrogen-bond acceptors (Lipinski definition) is 2. The van der Waals surface area contributed by atoms with Gasteiger partial charge in [-0.1, -0.05) is 48.1 Å². The summed E-state index contributed by atoms with van der Waals surface area (Å²) in [5.74, 6) is 0. The highest BCUT2D eigenvalue weighted by Gasteiger charge is 2.40. The van der Waals surface area contributed by atoms with Crippen LogP contribution in [0.3, 0.4) is 0 Å². The maximum atomic E-state index is 5.59. The monoisotopic (exact) mass is 232 g/mol. The topological polar surface area (TPSA) is 18.5 Å². The van der Waals surface area contributed by atoms with Crippen LogP contribution in [0.4, 0.5) is 0 Å². The molecule has 1 aliphatic heterocycles. The van der Waals surface area contributed by atoms with Crippen LogP contribution in [0.2, 0.25) is 0 Å². The summed E-state index contributed by atoms with van der Waals surface area (Å²) in [6.07, 6.45) is 1.35. The van der Waals surface area contributed by atoms with E-state index in [2.05, 4.69) is 6.92 Å². The Morgan fingerprint density at radius 3 is 2.50 bits per heavy atom. The molecule has 0 aromatic rings. The van der Waals surface area contributed by atoms with E-state index >= 15 is 0 Å². The van der Waals surface area contributed by atoms with E-state index in [-0.39, 0.29) is 6.10 Å². The van der Waals surface area contributed by atoms with Gasteiger partial charge in [-0.25, -0.2) is 0 Å². The normalized spacial score (nSPS) is 31.0. The van der Waals surface area contributed by atoms with Gasteiger partial charge in [0.05, 0.1) is 12.7 Å². The molecule has 0 aliphatic carbocycles. The van der Waals surface area contributed by atoms with Crippen LogP contribution in [0.25, 0.3) is 0 Å². The molecule has 2 unspecified atom stereocenters. The number of rotatable bonds is 2. The van der Waals surface area contributed by atoms with Crippen molar-refractivity contribution in [2.24, 2.45) is 0 Å². The molecule has 72 valence electrons. The van der Waals surface area contributed by atoms with Crippen molar-refractivity contribution in [3.63, 3.8) is 0 Å². The van der Waals surface area contributed by atoms with Crippen molar-refractivity contribution in [1.29, 1.82) is 0 Å². The summed E-state index contributed by atoms with van der Waals surface area (Å²) in [5.41, 5.74) is 0. The summed E-state index contributed by atoms with van der Waals surface area (Å²) < 4.78 is 9.04. The maximum absolute atomic E-state index is 5.59. The lowest BCUT2D eigenvalue weighted by atomic mass is 10.2. The van der Waals surface area contributed by atoms with Crippen molar-refractivity contribution < 1.29 is 9.47 Å². The van der Waals surface area contributed by atoms with E-state index in [1.807, 2.05) is 0 Å². The third-order valence-corrected chi connectivity index (χ3v) is 2.16. The standard InChI is InChI=1S/C7H11Cl3O2/c1-2-3-5-4-11-6(12-5)7(8,9)10/h5-6H,2-4H2,1H3. The molecule has 0 N–H and O–H groups in total. The molecule has 0 aromatic carbocycles. The van der Waals surface area contributed by atoms with Gasteiger partial charge in [0.15, 0.2) is 0 Å². The summed E-state index contributed by atoms with van der Waals surface area (Å²) in [6.45, 7) is 2.60. The third-order valence-electron chi connectivity index (χ3n) is 1.63. The fourth-order valence-electron chi connectivity index (χ4n) is 1.09. The SMILES string of the molecule is CCCC1COC(C(Cl)(Cl)Cl)O1. The summed E-state index contributed by atoms with van der Waals surface area (Å²) in [6, 6.07) is 0. The Morgan fingerprint density at radius 1 is 1.42 bits per heavy atom. The first-order valence-electron chi connectivity index (χ1n) is 3.88. The van der Waals surface area contributed by atoms with Crippen LogP contribution in [-0.2, 0) is 9.47 Å². The quantitative estimate of drug-likeness (QED) is 0.683. The van der Waals surface area contributed by atoms with E-state index in [0.717, 1.165) is 12.8 Å². The highest BCUT2D eigenvalue weighted by Crippen LogP contribution is 2.36. The molecule has 1 fully saturated rings.